The van der Waals surface area contributed by atoms with E-state index in [4.69, 9.17) is 9.47 Å². The van der Waals surface area contributed by atoms with Crippen LogP contribution in [0.1, 0.15) is 11.1 Å². The Labute approximate surface area is 159 Å². The van der Waals surface area contributed by atoms with Crippen LogP contribution in [0.15, 0.2) is 78.9 Å². The molecule has 0 aliphatic heterocycles. The lowest BCUT2D eigenvalue weighted by atomic mass is 10.2. The second-order valence-corrected chi connectivity index (χ2v) is 6.01. The molecule has 27 heavy (non-hydrogen) atoms. The first kappa shape index (κ1) is 18.3. The van der Waals surface area contributed by atoms with Crippen molar-refractivity contribution in [2.24, 2.45) is 0 Å². The molecular weight excluding hydrogens is 338 g/mol. The third-order valence-corrected chi connectivity index (χ3v) is 3.91. The highest BCUT2D eigenvalue weighted by atomic mass is 16.5. The second kappa shape index (κ2) is 8.72. The molecule has 0 unspecified atom stereocenters. The van der Waals surface area contributed by atoms with Gasteiger partial charge in [-0.15, -0.1) is 0 Å². The average Bonchev–Trinajstić information content (AvgIpc) is 2.70. The Morgan fingerprint density at radius 3 is 2.48 bits per heavy atom. The fraction of sp³-hybridized carbons (Fsp3) is 0.0870. The van der Waals surface area contributed by atoms with Crippen molar-refractivity contribution in [2.45, 2.75) is 6.92 Å². The Morgan fingerprint density at radius 1 is 0.926 bits per heavy atom. The molecule has 0 spiro atoms. The normalized spacial score (nSPS) is 10.6. The molecule has 0 aliphatic rings. The molecule has 0 radical (unpaired) electrons. The van der Waals surface area contributed by atoms with Crippen molar-refractivity contribution in [3.05, 3.63) is 90.0 Å². The molecule has 3 rings (SSSR count). The van der Waals surface area contributed by atoms with Crippen LogP contribution >= 0.6 is 0 Å². The molecule has 0 saturated heterocycles. The minimum absolute atomic E-state index is 0.238. The molecule has 0 heterocycles. The van der Waals surface area contributed by atoms with Gasteiger partial charge in [0.1, 0.15) is 11.5 Å². The summed E-state index contributed by atoms with van der Waals surface area (Å²) in [6, 6.07) is 22.6. The number of ether oxygens (including phenoxy) is 2. The van der Waals surface area contributed by atoms with Crippen LogP contribution in [-0.4, -0.2) is 13.0 Å². The maximum Gasteiger partial charge on any atom is 0.248 e. The number of anilines is 1. The van der Waals surface area contributed by atoms with Crippen molar-refractivity contribution >= 4 is 17.7 Å². The van der Waals surface area contributed by atoms with Crippen molar-refractivity contribution in [2.75, 3.05) is 12.4 Å². The van der Waals surface area contributed by atoms with Gasteiger partial charge in [0.2, 0.25) is 5.91 Å². The van der Waals surface area contributed by atoms with E-state index in [-0.39, 0.29) is 5.91 Å². The van der Waals surface area contributed by atoms with Gasteiger partial charge >= 0.3 is 0 Å². The highest BCUT2D eigenvalue weighted by Gasteiger charge is 2.07. The van der Waals surface area contributed by atoms with Crippen molar-refractivity contribution in [1.29, 1.82) is 0 Å². The summed E-state index contributed by atoms with van der Waals surface area (Å²) in [5, 5.41) is 2.86. The first-order valence-corrected chi connectivity index (χ1v) is 8.61. The van der Waals surface area contributed by atoms with Gasteiger partial charge in [-0.05, 0) is 55.0 Å². The summed E-state index contributed by atoms with van der Waals surface area (Å²) in [5.41, 5.74) is 2.65. The van der Waals surface area contributed by atoms with Crippen LogP contribution in [0.25, 0.3) is 6.08 Å². The second-order valence-electron chi connectivity index (χ2n) is 6.01. The molecule has 0 saturated carbocycles. The number of para-hydroxylation sites is 2. The fourth-order valence-corrected chi connectivity index (χ4v) is 2.48. The molecule has 0 aliphatic carbocycles. The molecule has 4 heteroatoms. The van der Waals surface area contributed by atoms with Gasteiger partial charge in [-0.3, -0.25) is 4.79 Å². The van der Waals surface area contributed by atoms with Crippen molar-refractivity contribution in [3.8, 4) is 17.2 Å². The molecule has 0 atom stereocenters. The van der Waals surface area contributed by atoms with Gasteiger partial charge in [-0.2, -0.15) is 0 Å². The van der Waals surface area contributed by atoms with Gasteiger partial charge in [0.05, 0.1) is 12.8 Å². The van der Waals surface area contributed by atoms with Gasteiger partial charge in [-0.25, -0.2) is 0 Å². The summed E-state index contributed by atoms with van der Waals surface area (Å²) < 4.78 is 11.1. The number of carbonyl (C=O) groups excluding carboxylic acids is 1. The summed E-state index contributed by atoms with van der Waals surface area (Å²) in [4.78, 5) is 12.3. The third-order valence-electron chi connectivity index (χ3n) is 3.91. The topological polar surface area (TPSA) is 47.6 Å². The van der Waals surface area contributed by atoms with E-state index in [9.17, 15) is 4.79 Å². The molecule has 3 aromatic carbocycles. The molecule has 3 aromatic rings. The van der Waals surface area contributed by atoms with E-state index < -0.39 is 0 Å². The van der Waals surface area contributed by atoms with Gasteiger partial charge < -0.3 is 14.8 Å². The van der Waals surface area contributed by atoms with E-state index in [1.807, 2.05) is 73.7 Å². The van der Waals surface area contributed by atoms with Crippen molar-refractivity contribution in [1.82, 2.24) is 0 Å². The Morgan fingerprint density at radius 2 is 1.70 bits per heavy atom. The predicted octanol–water partition coefficient (Wildman–Crippen LogP) is 5.45. The number of aryl methyl sites for hydroxylation is 1. The smallest absolute Gasteiger partial charge is 0.248 e. The molecule has 0 aromatic heterocycles. The van der Waals surface area contributed by atoms with Crippen LogP contribution in [-0.2, 0) is 4.79 Å². The molecule has 136 valence electrons. The van der Waals surface area contributed by atoms with E-state index in [1.54, 1.807) is 19.3 Å². The predicted molar refractivity (Wildman–Crippen MR) is 108 cm³/mol. The van der Waals surface area contributed by atoms with Gasteiger partial charge in [0, 0.05) is 6.08 Å². The Kier molecular flexibility index (Phi) is 5.90. The van der Waals surface area contributed by atoms with Crippen molar-refractivity contribution in [3.63, 3.8) is 0 Å². The summed E-state index contributed by atoms with van der Waals surface area (Å²) in [6.07, 6.45) is 3.22. The fourth-order valence-electron chi connectivity index (χ4n) is 2.48. The molecule has 0 bridgehead atoms. The minimum Gasteiger partial charge on any atom is -0.497 e. The van der Waals surface area contributed by atoms with Gasteiger partial charge in [0.25, 0.3) is 0 Å². The quantitative estimate of drug-likeness (QED) is 0.596. The largest absolute Gasteiger partial charge is 0.497 e. The summed E-state index contributed by atoms with van der Waals surface area (Å²) in [6.45, 7) is 2.02. The van der Waals surface area contributed by atoms with Crippen LogP contribution in [0.5, 0.6) is 17.2 Å². The number of rotatable bonds is 6. The zero-order valence-electron chi connectivity index (χ0n) is 15.3. The number of hydrogen-bond donors (Lipinski definition) is 1. The average molecular weight is 359 g/mol. The number of nitrogens with one attached hydrogen (secondary N) is 1. The summed E-state index contributed by atoms with van der Waals surface area (Å²) in [7, 11) is 1.61. The van der Waals surface area contributed by atoms with E-state index in [0.29, 0.717) is 17.2 Å². The lowest BCUT2D eigenvalue weighted by molar-refractivity contribution is -0.111. The van der Waals surface area contributed by atoms with Crippen LogP contribution in [0.4, 0.5) is 5.69 Å². The number of benzene rings is 3. The van der Waals surface area contributed by atoms with Gasteiger partial charge in [0.15, 0.2) is 5.75 Å². The standard InChI is InChI=1S/C23H21NO3/c1-17-10-13-19(14-11-17)27-22-9-4-3-8-21(22)24-23(25)15-12-18-6-5-7-20(16-18)26-2/h3-16H,1-2H3,(H,24,25)/b15-12+. The van der Waals surface area contributed by atoms with Crippen LogP contribution < -0.4 is 14.8 Å². The van der Waals surface area contributed by atoms with Crippen LogP contribution in [0, 0.1) is 6.92 Å². The molecule has 1 N–H and O–H groups in total. The third kappa shape index (κ3) is 5.22. The van der Waals surface area contributed by atoms with E-state index in [1.165, 1.54) is 6.08 Å². The highest BCUT2D eigenvalue weighted by Crippen LogP contribution is 2.29. The minimum atomic E-state index is -0.238. The van der Waals surface area contributed by atoms with Gasteiger partial charge in [-0.1, -0.05) is 42.0 Å². The molecule has 4 nitrogen and oxygen atoms in total. The molecule has 0 fully saturated rings. The van der Waals surface area contributed by atoms with Crippen LogP contribution in [0.2, 0.25) is 0 Å². The highest BCUT2D eigenvalue weighted by molar-refractivity contribution is 6.02. The zero-order chi connectivity index (χ0) is 19.1. The lowest BCUT2D eigenvalue weighted by Gasteiger charge is -2.11. The Balaban J connectivity index is 1.70. The Hall–Kier alpha value is -3.53. The number of carbonyl (C=O) groups is 1. The van der Waals surface area contributed by atoms with Crippen LogP contribution in [0.3, 0.4) is 0 Å². The maximum absolute atomic E-state index is 12.3. The van der Waals surface area contributed by atoms with E-state index >= 15 is 0 Å². The molecule has 1 amide bonds. The summed E-state index contributed by atoms with van der Waals surface area (Å²) in [5.74, 6) is 1.81. The lowest BCUT2D eigenvalue weighted by Crippen LogP contribution is -2.08. The summed E-state index contributed by atoms with van der Waals surface area (Å²) >= 11 is 0. The molecular formula is C23H21NO3. The van der Waals surface area contributed by atoms with E-state index in [0.717, 1.165) is 16.9 Å². The monoisotopic (exact) mass is 359 g/mol. The zero-order valence-corrected chi connectivity index (χ0v) is 15.3. The first-order chi connectivity index (χ1) is 13.1. The number of hydrogen-bond acceptors (Lipinski definition) is 3. The maximum atomic E-state index is 12.3. The Bertz CT molecular complexity index is 946. The first-order valence-electron chi connectivity index (χ1n) is 8.61. The number of amides is 1. The van der Waals surface area contributed by atoms with Crippen molar-refractivity contribution < 1.29 is 14.3 Å². The SMILES string of the molecule is COc1cccc(/C=C/C(=O)Nc2ccccc2Oc2ccc(C)cc2)c1. The van der Waals surface area contributed by atoms with E-state index in [2.05, 4.69) is 5.32 Å². The number of methoxy groups -OCH3 is 1.